The van der Waals surface area contributed by atoms with E-state index in [0.29, 0.717) is 5.82 Å². The standard InChI is InChI=1S/C20H25N7S2/c21-14-5-6-25(11-14)19-9-18(22)27-20(24-19)17(10-23-27)26(12-15-3-1-7-28-15)13-16-4-2-8-29-16/h1,3-4,7,9-10,14H,2,5-6,8,11-13,21-22H2/t14-/m0/s1. The summed E-state index contributed by atoms with van der Waals surface area (Å²) in [6, 6.07) is 6.38. The maximum atomic E-state index is 6.34. The van der Waals surface area contributed by atoms with Gasteiger partial charge in [-0.25, -0.2) is 4.98 Å². The minimum atomic E-state index is 0.195. The van der Waals surface area contributed by atoms with Gasteiger partial charge in [0.15, 0.2) is 5.65 Å². The summed E-state index contributed by atoms with van der Waals surface area (Å²) >= 11 is 3.72. The Labute approximate surface area is 178 Å². The smallest absolute Gasteiger partial charge is 0.183 e. The molecule has 0 radical (unpaired) electrons. The lowest BCUT2D eigenvalue weighted by molar-refractivity contribution is 0.751. The lowest BCUT2D eigenvalue weighted by atomic mass is 10.3. The quantitative estimate of drug-likeness (QED) is 0.625. The zero-order valence-electron chi connectivity index (χ0n) is 16.2. The third kappa shape index (κ3) is 3.82. The van der Waals surface area contributed by atoms with E-state index in [0.717, 1.165) is 56.2 Å². The predicted octanol–water partition coefficient (Wildman–Crippen LogP) is 2.94. The molecular formula is C20H25N7S2. The molecule has 29 heavy (non-hydrogen) atoms. The van der Waals surface area contributed by atoms with Crippen LogP contribution < -0.4 is 21.3 Å². The summed E-state index contributed by atoms with van der Waals surface area (Å²) in [4.78, 5) is 12.3. The van der Waals surface area contributed by atoms with Crippen LogP contribution in [0, 0.1) is 0 Å². The molecule has 0 spiro atoms. The van der Waals surface area contributed by atoms with Gasteiger partial charge in [-0.15, -0.1) is 23.1 Å². The number of hydrogen-bond acceptors (Lipinski definition) is 8. The van der Waals surface area contributed by atoms with E-state index in [-0.39, 0.29) is 6.04 Å². The number of aromatic nitrogens is 3. The first-order valence-electron chi connectivity index (χ1n) is 9.91. The van der Waals surface area contributed by atoms with Crippen molar-refractivity contribution in [2.45, 2.75) is 25.4 Å². The molecule has 0 unspecified atom stereocenters. The molecule has 9 heteroatoms. The molecule has 2 aliphatic rings. The SMILES string of the molecule is Nc1cc(N2CC[C@H](N)C2)nc2c(N(CC3=CCCS3)Cc3cccs3)cnn12. The molecule has 0 saturated carbocycles. The number of nitrogens with two attached hydrogens (primary N) is 2. The first-order chi connectivity index (χ1) is 14.2. The van der Waals surface area contributed by atoms with Crippen LogP contribution in [0.25, 0.3) is 5.65 Å². The summed E-state index contributed by atoms with van der Waals surface area (Å²) in [7, 11) is 0. The van der Waals surface area contributed by atoms with Gasteiger partial charge in [0.25, 0.3) is 0 Å². The van der Waals surface area contributed by atoms with Gasteiger partial charge in [0.1, 0.15) is 17.3 Å². The van der Waals surface area contributed by atoms with E-state index in [1.165, 1.54) is 15.5 Å². The minimum Gasteiger partial charge on any atom is -0.383 e. The number of allylic oxidation sites excluding steroid dienone is 1. The Bertz CT molecular complexity index is 1030. The van der Waals surface area contributed by atoms with Crippen molar-refractivity contribution in [3.63, 3.8) is 0 Å². The van der Waals surface area contributed by atoms with E-state index < -0.39 is 0 Å². The second kappa shape index (κ2) is 7.89. The molecule has 1 fully saturated rings. The molecule has 4 N–H and O–H groups in total. The second-order valence-electron chi connectivity index (χ2n) is 7.54. The zero-order chi connectivity index (χ0) is 19.8. The molecule has 0 amide bonds. The van der Waals surface area contributed by atoms with Crippen LogP contribution in [-0.4, -0.2) is 46.0 Å². The van der Waals surface area contributed by atoms with Crippen LogP contribution in [0.3, 0.4) is 0 Å². The van der Waals surface area contributed by atoms with Crippen molar-refractivity contribution in [2.75, 3.05) is 40.9 Å². The van der Waals surface area contributed by atoms with Crippen molar-refractivity contribution < 1.29 is 0 Å². The molecule has 152 valence electrons. The van der Waals surface area contributed by atoms with Crippen molar-refractivity contribution in [3.8, 4) is 0 Å². The highest BCUT2D eigenvalue weighted by molar-refractivity contribution is 8.03. The fourth-order valence-corrected chi connectivity index (χ4v) is 5.63. The predicted molar refractivity (Wildman–Crippen MR) is 123 cm³/mol. The number of thiophene rings is 1. The fourth-order valence-electron chi connectivity index (χ4n) is 3.93. The van der Waals surface area contributed by atoms with Gasteiger partial charge in [-0.05, 0) is 24.3 Å². The second-order valence-corrected chi connectivity index (χ2v) is 9.80. The Morgan fingerprint density at radius 2 is 2.24 bits per heavy atom. The number of thioether (sulfide) groups is 1. The van der Waals surface area contributed by atoms with Crippen molar-refractivity contribution in [3.05, 3.63) is 45.6 Å². The lowest BCUT2D eigenvalue weighted by Crippen LogP contribution is -2.27. The molecule has 3 aromatic heterocycles. The highest BCUT2D eigenvalue weighted by Gasteiger charge is 2.24. The number of anilines is 3. The summed E-state index contributed by atoms with van der Waals surface area (Å²) in [5.41, 5.74) is 14.3. The summed E-state index contributed by atoms with van der Waals surface area (Å²) in [6.07, 6.45) is 6.36. The molecule has 7 nitrogen and oxygen atoms in total. The van der Waals surface area contributed by atoms with Gasteiger partial charge < -0.3 is 21.3 Å². The van der Waals surface area contributed by atoms with E-state index >= 15 is 0 Å². The van der Waals surface area contributed by atoms with E-state index in [1.54, 1.807) is 15.9 Å². The number of nitrogens with zero attached hydrogens (tertiary/aromatic N) is 5. The van der Waals surface area contributed by atoms with Gasteiger partial charge in [0.05, 0.1) is 12.7 Å². The Morgan fingerprint density at radius 3 is 2.97 bits per heavy atom. The molecule has 0 bridgehead atoms. The van der Waals surface area contributed by atoms with Gasteiger partial charge in [-0.3, -0.25) is 0 Å². The van der Waals surface area contributed by atoms with Gasteiger partial charge in [-0.1, -0.05) is 12.1 Å². The molecule has 0 aliphatic carbocycles. The normalized spacial score (nSPS) is 19.3. The fraction of sp³-hybridized carbons (Fsp3) is 0.400. The monoisotopic (exact) mass is 427 g/mol. The Hall–Kier alpha value is -2.23. The number of nitrogen functional groups attached to an aromatic ring is 1. The van der Waals surface area contributed by atoms with Crippen LogP contribution in [0.2, 0.25) is 0 Å². The maximum absolute atomic E-state index is 6.34. The van der Waals surface area contributed by atoms with Crippen molar-refractivity contribution >= 4 is 46.1 Å². The van der Waals surface area contributed by atoms with E-state index in [1.807, 2.05) is 24.0 Å². The molecule has 5 rings (SSSR count). The van der Waals surface area contributed by atoms with Crippen LogP contribution in [0.1, 0.15) is 17.7 Å². The van der Waals surface area contributed by atoms with Crippen molar-refractivity contribution in [2.24, 2.45) is 5.73 Å². The average Bonchev–Trinajstić information content (AvgIpc) is 3.49. The summed E-state index contributed by atoms with van der Waals surface area (Å²) in [5.74, 6) is 2.65. The topological polar surface area (TPSA) is 88.7 Å². The van der Waals surface area contributed by atoms with Gasteiger partial charge >= 0.3 is 0 Å². The van der Waals surface area contributed by atoms with Gasteiger partial charge in [-0.2, -0.15) is 9.61 Å². The highest BCUT2D eigenvalue weighted by atomic mass is 32.2. The van der Waals surface area contributed by atoms with Crippen LogP contribution in [0.4, 0.5) is 17.3 Å². The van der Waals surface area contributed by atoms with Crippen LogP contribution in [0.5, 0.6) is 0 Å². The summed E-state index contributed by atoms with van der Waals surface area (Å²) in [5, 5.41) is 6.67. The summed E-state index contributed by atoms with van der Waals surface area (Å²) < 4.78 is 1.74. The third-order valence-electron chi connectivity index (χ3n) is 5.41. The number of fused-ring (bicyclic) bond motifs is 1. The Kier molecular flexibility index (Phi) is 5.11. The van der Waals surface area contributed by atoms with E-state index in [4.69, 9.17) is 16.5 Å². The van der Waals surface area contributed by atoms with Crippen molar-refractivity contribution in [1.29, 1.82) is 0 Å². The molecule has 1 atom stereocenters. The zero-order valence-corrected chi connectivity index (χ0v) is 17.8. The number of hydrogen-bond donors (Lipinski definition) is 2. The van der Waals surface area contributed by atoms with Crippen LogP contribution in [0.15, 0.2) is 40.8 Å². The number of rotatable bonds is 6. The van der Waals surface area contributed by atoms with E-state index in [9.17, 15) is 0 Å². The van der Waals surface area contributed by atoms with Gasteiger partial charge in [0, 0.05) is 47.3 Å². The van der Waals surface area contributed by atoms with Crippen molar-refractivity contribution in [1.82, 2.24) is 14.6 Å². The maximum Gasteiger partial charge on any atom is 0.183 e. The minimum absolute atomic E-state index is 0.195. The van der Waals surface area contributed by atoms with Crippen LogP contribution >= 0.6 is 23.1 Å². The third-order valence-corrected chi connectivity index (χ3v) is 7.37. The summed E-state index contributed by atoms with van der Waals surface area (Å²) in [6.45, 7) is 3.42. The Morgan fingerprint density at radius 1 is 1.31 bits per heavy atom. The van der Waals surface area contributed by atoms with Gasteiger partial charge in [0.2, 0.25) is 0 Å². The lowest BCUT2D eigenvalue weighted by Gasteiger charge is -2.24. The van der Waals surface area contributed by atoms with Crippen LogP contribution in [-0.2, 0) is 6.54 Å². The highest BCUT2D eigenvalue weighted by Crippen LogP contribution is 2.32. The first kappa shape index (κ1) is 18.8. The average molecular weight is 428 g/mol. The largest absolute Gasteiger partial charge is 0.383 e. The molecule has 3 aromatic rings. The molecule has 5 heterocycles. The molecule has 0 aromatic carbocycles. The Balaban J connectivity index is 1.53. The molecule has 2 aliphatic heterocycles. The first-order valence-corrected chi connectivity index (χ1v) is 11.8. The molecule has 1 saturated heterocycles. The molecular weight excluding hydrogens is 402 g/mol. The van der Waals surface area contributed by atoms with E-state index in [2.05, 4.69) is 38.5 Å².